The maximum Gasteiger partial charge on any atom is 0.319 e. The molecule has 1 aromatic carbocycles. The highest BCUT2D eigenvalue weighted by molar-refractivity contribution is 6.23. The molecule has 0 bridgehead atoms. The SMILES string of the molecule is CCOC(=O)C1(C(=O)CN2C(=O)c3ccccc3C2=O)CC1. The maximum absolute atomic E-state index is 12.4. The van der Waals surface area contributed by atoms with Gasteiger partial charge in [-0.15, -0.1) is 0 Å². The van der Waals surface area contributed by atoms with E-state index in [-0.39, 0.29) is 13.2 Å². The number of hydrogen-bond acceptors (Lipinski definition) is 5. The van der Waals surface area contributed by atoms with Crippen molar-refractivity contribution in [3.63, 3.8) is 0 Å². The average Bonchev–Trinajstić information content (AvgIpc) is 3.29. The van der Waals surface area contributed by atoms with Crippen molar-refractivity contribution in [3.8, 4) is 0 Å². The van der Waals surface area contributed by atoms with Crippen LogP contribution >= 0.6 is 0 Å². The first-order chi connectivity index (χ1) is 10.5. The van der Waals surface area contributed by atoms with Crippen LogP contribution < -0.4 is 0 Å². The van der Waals surface area contributed by atoms with Gasteiger partial charge < -0.3 is 4.74 Å². The Hall–Kier alpha value is -2.50. The van der Waals surface area contributed by atoms with Gasteiger partial charge >= 0.3 is 5.97 Å². The van der Waals surface area contributed by atoms with Crippen LogP contribution in [0.1, 0.15) is 40.5 Å². The first-order valence-electron chi connectivity index (χ1n) is 7.17. The molecule has 6 nitrogen and oxygen atoms in total. The van der Waals surface area contributed by atoms with Crippen LogP contribution in [-0.4, -0.2) is 41.6 Å². The molecule has 2 amide bonds. The van der Waals surface area contributed by atoms with Gasteiger partial charge in [0.1, 0.15) is 5.41 Å². The minimum absolute atomic E-state index is 0.195. The number of carbonyl (C=O) groups excluding carboxylic acids is 4. The van der Waals surface area contributed by atoms with E-state index < -0.39 is 29.0 Å². The second-order valence-corrected chi connectivity index (χ2v) is 5.47. The van der Waals surface area contributed by atoms with E-state index in [1.165, 1.54) is 0 Å². The molecule has 0 saturated heterocycles. The van der Waals surface area contributed by atoms with Crippen LogP contribution in [-0.2, 0) is 14.3 Å². The molecule has 1 heterocycles. The summed E-state index contributed by atoms with van der Waals surface area (Å²) in [6.45, 7) is 1.48. The lowest BCUT2D eigenvalue weighted by Crippen LogP contribution is -2.40. The van der Waals surface area contributed by atoms with Gasteiger partial charge in [-0.3, -0.25) is 24.1 Å². The number of ketones is 1. The largest absolute Gasteiger partial charge is 0.465 e. The van der Waals surface area contributed by atoms with Gasteiger partial charge in [0.2, 0.25) is 0 Å². The predicted molar refractivity (Wildman–Crippen MR) is 75.1 cm³/mol. The molecular formula is C16H15NO5. The molecule has 1 fully saturated rings. The van der Waals surface area contributed by atoms with Gasteiger partial charge in [0, 0.05) is 0 Å². The fraction of sp³-hybridized carbons (Fsp3) is 0.375. The molecule has 22 heavy (non-hydrogen) atoms. The molecular weight excluding hydrogens is 286 g/mol. The van der Waals surface area contributed by atoms with Gasteiger partial charge in [0.05, 0.1) is 24.3 Å². The number of amides is 2. The minimum atomic E-state index is -1.16. The Morgan fingerprint density at radius 1 is 1.14 bits per heavy atom. The Kier molecular flexibility index (Phi) is 3.31. The topological polar surface area (TPSA) is 80.8 Å². The van der Waals surface area contributed by atoms with E-state index in [0.29, 0.717) is 24.0 Å². The zero-order valence-corrected chi connectivity index (χ0v) is 12.1. The molecule has 1 saturated carbocycles. The van der Waals surface area contributed by atoms with Gasteiger partial charge in [0.25, 0.3) is 11.8 Å². The number of nitrogens with zero attached hydrogens (tertiary/aromatic N) is 1. The number of esters is 1. The van der Waals surface area contributed by atoms with Gasteiger partial charge in [0.15, 0.2) is 5.78 Å². The number of fused-ring (bicyclic) bond motifs is 1. The standard InChI is InChI=1S/C16H15NO5/c1-2-22-15(21)16(7-8-16)12(18)9-17-13(19)10-5-3-4-6-11(10)14(17)20/h3-6H,2,7-9H2,1H3. The third-order valence-corrected chi connectivity index (χ3v) is 4.13. The normalized spacial score (nSPS) is 18.1. The van der Waals surface area contributed by atoms with Gasteiger partial charge in [-0.2, -0.15) is 0 Å². The first kappa shape index (κ1) is 14.4. The van der Waals surface area contributed by atoms with E-state index in [4.69, 9.17) is 4.74 Å². The number of carbonyl (C=O) groups is 4. The highest BCUT2D eigenvalue weighted by Crippen LogP contribution is 2.48. The second-order valence-electron chi connectivity index (χ2n) is 5.47. The van der Waals surface area contributed by atoms with Crippen molar-refractivity contribution in [1.29, 1.82) is 0 Å². The second kappa shape index (κ2) is 5.05. The number of ether oxygens (including phenoxy) is 1. The smallest absolute Gasteiger partial charge is 0.319 e. The van der Waals surface area contributed by atoms with Crippen LogP contribution in [0.25, 0.3) is 0 Å². The average molecular weight is 301 g/mol. The van der Waals surface area contributed by atoms with Crippen molar-refractivity contribution in [1.82, 2.24) is 4.90 Å². The summed E-state index contributed by atoms with van der Waals surface area (Å²) in [5.41, 5.74) is -0.576. The third-order valence-electron chi connectivity index (χ3n) is 4.13. The van der Waals surface area contributed by atoms with E-state index >= 15 is 0 Å². The van der Waals surface area contributed by atoms with Crippen molar-refractivity contribution in [2.45, 2.75) is 19.8 Å². The summed E-state index contributed by atoms with van der Waals surface area (Å²) in [7, 11) is 0. The zero-order valence-electron chi connectivity index (χ0n) is 12.1. The summed E-state index contributed by atoms with van der Waals surface area (Å²) < 4.78 is 4.92. The molecule has 1 aromatic rings. The van der Waals surface area contributed by atoms with E-state index in [1.807, 2.05) is 0 Å². The maximum atomic E-state index is 12.4. The summed E-state index contributed by atoms with van der Waals surface area (Å²) in [6.07, 6.45) is 0.821. The fourth-order valence-electron chi connectivity index (χ4n) is 2.67. The summed E-state index contributed by atoms with van der Waals surface area (Å²) in [6, 6.07) is 6.43. The van der Waals surface area contributed by atoms with Crippen molar-refractivity contribution >= 4 is 23.6 Å². The summed E-state index contributed by atoms with van der Waals surface area (Å²) in [5, 5.41) is 0. The van der Waals surface area contributed by atoms with Crippen LogP contribution in [0.4, 0.5) is 0 Å². The van der Waals surface area contributed by atoms with Crippen molar-refractivity contribution < 1.29 is 23.9 Å². The summed E-state index contributed by atoms with van der Waals surface area (Å²) in [5.74, 6) is -1.97. The van der Waals surface area contributed by atoms with Gasteiger partial charge in [-0.05, 0) is 31.9 Å². The minimum Gasteiger partial charge on any atom is -0.465 e. The molecule has 0 N–H and O–H groups in total. The molecule has 0 unspecified atom stereocenters. The number of rotatable bonds is 5. The van der Waals surface area contributed by atoms with E-state index in [0.717, 1.165) is 4.90 Å². The van der Waals surface area contributed by atoms with E-state index in [9.17, 15) is 19.2 Å². The predicted octanol–water partition coefficient (Wildman–Crippen LogP) is 1.19. The monoisotopic (exact) mass is 301 g/mol. The van der Waals surface area contributed by atoms with Crippen LogP contribution in [0.3, 0.4) is 0 Å². The third kappa shape index (κ3) is 2.03. The van der Waals surface area contributed by atoms with E-state index in [2.05, 4.69) is 0 Å². The summed E-state index contributed by atoms with van der Waals surface area (Å²) >= 11 is 0. The van der Waals surface area contributed by atoms with Crippen molar-refractivity contribution in [2.24, 2.45) is 5.41 Å². The molecule has 0 spiro atoms. The quantitative estimate of drug-likeness (QED) is 0.463. The fourth-order valence-corrected chi connectivity index (χ4v) is 2.67. The number of benzene rings is 1. The first-order valence-corrected chi connectivity index (χ1v) is 7.17. The van der Waals surface area contributed by atoms with Crippen LogP contribution in [0, 0.1) is 5.41 Å². The molecule has 0 radical (unpaired) electrons. The number of imide groups is 1. The van der Waals surface area contributed by atoms with Crippen molar-refractivity contribution in [2.75, 3.05) is 13.2 Å². The Morgan fingerprint density at radius 2 is 1.68 bits per heavy atom. The lowest BCUT2D eigenvalue weighted by Gasteiger charge is -2.17. The molecule has 114 valence electrons. The molecule has 1 aliphatic carbocycles. The van der Waals surface area contributed by atoms with Crippen LogP contribution in [0.5, 0.6) is 0 Å². The van der Waals surface area contributed by atoms with Crippen LogP contribution in [0.15, 0.2) is 24.3 Å². The number of hydrogen-bond donors (Lipinski definition) is 0. The van der Waals surface area contributed by atoms with Crippen molar-refractivity contribution in [3.05, 3.63) is 35.4 Å². The molecule has 0 atom stereocenters. The Labute approximate surface area is 127 Å². The van der Waals surface area contributed by atoms with Crippen LogP contribution in [0.2, 0.25) is 0 Å². The highest BCUT2D eigenvalue weighted by Gasteiger charge is 2.58. The lowest BCUT2D eigenvalue weighted by molar-refractivity contribution is -0.153. The Balaban J connectivity index is 1.78. The molecule has 1 aliphatic heterocycles. The Bertz CT molecular complexity index is 655. The molecule has 3 rings (SSSR count). The lowest BCUT2D eigenvalue weighted by atomic mass is 10.0. The van der Waals surface area contributed by atoms with Gasteiger partial charge in [-0.25, -0.2) is 0 Å². The summed E-state index contributed by atoms with van der Waals surface area (Å²) in [4.78, 5) is 49.6. The molecule has 2 aliphatic rings. The number of Topliss-reactive ketones (excluding diaryl/α,β-unsaturated/α-hetero) is 1. The van der Waals surface area contributed by atoms with Gasteiger partial charge in [-0.1, -0.05) is 12.1 Å². The zero-order chi connectivity index (χ0) is 15.9. The van der Waals surface area contributed by atoms with E-state index in [1.54, 1.807) is 31.2 Å². The Morgan fingerprint density at radius 3 is 2.14 bits per heavy atom. The highest BCUT2D eigenvalue weighted by atomic mass is 16.5. The molecule has 0 aromatic heterocycles. The molecule has 6 heteroatoms.